The number of hydrogen-bond acceptors (Lipinski definition) is 3. The summed E-state index contributed by atoms with van der Waals surface area (Å²) in [7, 11) is 0. The zero-order valence-electron chi connectivity index (χ0n) is 49.2. The highest BCUT2D eigenvalue weighted by Crippen LogP contribution is 2.18. The predicted molar refractivity (Wildman–Crippen MR) is 322 cm³/mol. The summed E-state index contributed by atoms with van der Waals surface area (Å²) in [4.78, 5) is 12.5. The van der Waals surface area contributed by atoms with E-state index in [9.17, 15) is 15.0 Å². The van der Waals surface area contributed by atoms with Gasteiger partial charge in [-0.05, 0) is 57.8 Å². The monoisotopic (exact) mass is 1010 g/mol. The van der Waals surface area contributed by atoms with Gasteiger partial charge in [-0.2, -0.15) is 0 Å². The first-order valence-corrected chi connectivity index (χ1v) is 33.2. The van der Waals surface area contributed by atoms with Crippen LogP contribution < -0.4 is 5.32 Å². The molecule has 1 amide bonds. The Morgan fingerprint density at radius 2 is 0.542 bits per heavy atom. The summed E-state index contributed by atoms with van der Waals surface area (Å²) in [5, 5.41) is 23.2. The molecule has 0 aromatic heterocycles. The van der Waals surface area contributed by atoms with Crippen LogP contribution in [0.2, 0.25) is 0 Å². The number of amides is 1. The van der Waals surface area contributed by atoms with Crippen LogP contribution in [-0.4, -0.2) is 34.9 Å². The van der Waals surface area contributed by atoms with E-state index < -0.39 is 12.1 Å². The van der Waals surface area contributed by atoms with Crippen LogP contribution in [0.5, 0.6) is 0 Å². The summed E-state index contributed by atoms with van der Waals surface area (Å²) >= 11 is 0. The fourth-order valence-corrected chi connectivity index (χ4v) is 10.5. The molecule has 0 radical (unpaired) electrons. The first-order valence-electron chi connectivity index (χ1n) is 33.2. The summed E-state index contributed by atoms with van der Waals surface area (Å²) in [5.41, 5.74) is 0. The van der Waals surface area contributed by atoms with Gasteiger partial charge < -0.3 is 15.5 Å². The number of rotatable bonds is 62. The minimum atomic E-state index is -0.862. The molecule has 72 heavy (non-hydrogen) atoms. The molecule has 2 unspecified atom stereocenters. The lowest BCUT2D eigenvalue weighted by molar-refractivity contribution is -0.123. The minimum absolute atomic E-state index is 0.0667. The third-order valence-corrected chi connectivity index (χ3v) is 15.6. The molecule has 2 atom stereocenters. The van der Waals surface area contributed by atoms with Crippen LogP contribution in [0.1, 0.15) is 373 Å². The molecule has 0 saturated heterocycles. The molecule has 0 aliphatic heterocycles. The van der Waals surface area contributed by atoms with Crippen molar-refractivity contribution in [2.45, 2.75) is 386 Å². The van der Waals surface area contributed by atoms with Crippen molar-refractivity contribution in [3.63, 3.8) is 0 Å². The van der Waals surface area contributed by atoms with Gasteiger partial charge in [0.05, 0.1) is 18.8 Å². The molecule has 0 aliphatic carbocycles. The smallest absolute Gasteiger partial charge is 0.220 e. The van der Waals surface area contributed by atoms with Gasteiger partial charge in [0.25, 0.3) is 0 Å². The summed E-state index contributed by atoms with van der Waals surface area (Å²) in [5.74, 6) is -0.0667. The normalized spacial score (nSPS) is 12.9. The number of aliphatic hydroxyl groups is 2. The van der Waals surface area contributed by atoms with Crippen LogP contribution in [0.25, 0.3) is 0 Å². The second-order valence-corrected chi connectivity index (χ2v) is 22.9. The van der Waals surface area contributed by atoms with Crippen molar-refractivity contribution in [1.29, 1.82) is 0 Å². The van der Waals surface area contributed by atoms with Crippen LogP contribution in [0.4, 0.5) is 0 Å². The van der Waals surface area contributed by atoms with Crippen LogP contribution in [0.15, 0.2) is 36.5 Å². The Kier molecular flexibility index (Phi) is 62.7. The van der Waals surface area contributed by atoms with E-state index in [1.165, 1.54) is 321 Å². The highest BCUT2D eigenvalue weighted by molar-refractivity contribution is 5.76. The van der Waals surface area contributed by atoms with E-state index in [0.29, 0.717) is 6.42 Å². The number of unbranched alkanes of at least 4 members (excludes halogenated alkanes) is 51. The molecule has 0 aromatic carbocycles. The number of nitrogens with one attached hydrogen (secondary N) is 1. The van der Waals surface area contributed by atoms with Crippen molar-refractivity contribution < 1.29 is 15.0 Å². The highest BCUT2D eigenvalue weighted by Gasteiger charge is 2.18. The van der Waals surface area contributed by atoms with Crippen LogP contribution in [0.3, 0.4) is 0 Å². The molecule has 3 N–H and O–H groups in total. The number of carbonyl (C=O) groups excluding carboxylic acids is 1. The van der Waals surface area contributed by atoms with E-state index in [4.69, 9.17) is 0 Å². The van der Waals surface area contributed by atoms with Gasteiger partial charge in [-0.3, -0.25) is 4.79 Å². The van der Waals surface area contributed by atoms with Crippen molar-refractivity contribution >= 4 is 5.91 Å². The molecule has 426 valence electrons. The number of hydrogen-bond donors (Lipinski definition) is 3. The molecule has 0 saturated carbocycles. The van der Waals surface area contributed by atoms with Gasteiger partial charge in [-0.15, -0.1) is 0 Å². The van der Waals surface area contributed by atoms with Gasteiger partial charge in [0, 0.05) is 6.42 Å². The number of aliphatic hydroxyl groups excluding tert-OH is 2. The fraction of sp³-hybridized carbons (Fsp3) is 0.897. The molecule has 4 nitrogen and oxygen atoms in total. The average Bonchev–Trinajstić information content (AvgIpc) is 3.39. The highest BCUT2D eigenvalue weighted by atomic mass is 16.3. The summed E-state index contributed by atoms with van der Waals surface area (Å²) < 4.78 is 0. The van der Waals surface area contributed by atoms with Gasteiger partial charge >= 0.3 is 0 Å². The topological polar surface area (TPSA) is 69.6 Å². The lowest BCUT2D eigenvalue weighted by atomic mass is 10.0. The first kappa shape index (κ1) is 70.6. The maximum Gasteiger partial charge on any atom is 0.220 e. The van der Waals surface area contributed by atoms with Crippen LogP contribution >= 0.6 is 0 Å². The van der Waals surface area contributed by atoms with Crippen molar-refractivity contribution in [3.05, 3.63) is 36.5 Å². The minimum Gasteiger partial charge on any atom is -0.394 e. The van der Waals surface area contributed by atoms with E-state index in [2.05, 4.69) is 43.5 Å². The zero-order chi connectivity index (χ0) is 52.0. The Morgan fingerprint density at radius 3 is 0.806 bits per heavy atom. The lowest BCUT2D eigenvalue weighted by Crippen LogP contribution is -2.45. The maximum atomic E-state index is 12.5. The van der Waals surface area contributed by atoms with Gasteiger partial charge in [-0.1, -0.05) is 346 Å². The summed E-state index contributed by atoms with van der Waals surface area (Å²) in [6, 6.07) is -0.639. The standard InChI is InChI=1S/C68H131NO3/c1-3-5-7-9-11-13-15-17-19-21-23-25-27-29-30-31-32-33-34-35-36-37-38-40-42-44-46-48-50-52-54-56-58-60-62-64-68(72)69-66(65-70)67(71)63-61-59-57-55-53-51-49-47-45-43-41-39-28-26-24-22-20-18-16-14-12-10-8-6-4-2/h31-32,53,55,61,63,66-67,70-71H,3-30,33-52,54,56-60,62,64-65H2,1-2H3,(H,69,72)/b32-31-,55-53+,63-61+. The van der Waals surface area contributed by atoms with Gasteiger partial charge in [0.2, 0.25) is 5.91 Å². The Bertz CT molecular complexity index is 1100. The Labute approximate surface area is 452 Å². The first-order chi connectivity index (χ1) is 35.7. The third-order valence-electron chi connectivity index (χ3n) is 15.6. The summed E-state index contributed by atoms with van der Waals surface area (Å²) in [6.07, 6.45) is 88.0. The molecular formula is C68H131NO3. The third kappa shape index (κ3) is 59.5. The van der Waals surface area contributed by atoms with Crippen molar-refractivity contribution in [1.82, 2.24) is 5.32 Å². The second kappa shape index (κ2) is 63.9. The molecule has 0 heterocycles. The average molecular weight is 1010 g/mol. The Morgan fingerprint density at radius 1 is 0.319 bits per heavy atom. The van der Waals surface area contributed by atoms with E-state index in [1.807, 2.05) is 6.08 Å². The maximum absolute atomic E-state index is 12.5. The zero-order valence-corrected chi connectivity index (χ0v) is 49.2. The fourth-order valence-electron chi connectivity index (χ4n) is 10.5. The number of allylic oxidation sites excluding steroid dienone is 5. The molecule has 4 heteroatoms. The van der Waals surface area contributed by atoms with E-state index in [0.717, 1.165) is 32.1 Å². The molecule has 0 aromatic rings. The van der Waals surface area contributed by atoms with Crippen LogP contribution in [0, 0.1) is 0 Å². The van der Waals surface area contributed by atoms with E-state index in [-0.39, 0.29) is 12.5 Å². The Balaban J connectivity index is 3.45. The Hall–Kier alpha value is -1.39. The largest absolute Gasteiger partial charge is 0.394 e. The van der Waals surface area contributed by atoms with E-state index >= 15 is 0 Å². The number of carbonyl (C=O) groups is 1. The quantitative estimate of drug-likeness (QED) is 0.0420. The molecule has 0 fully saturated rings. The molecule has 0 aliphatic rings. The SMILES string of the molecule is CCCCCCCCCCCCCCCC/C=C\CCCCCCCCCCCCCCCCCCCC(=O)NC(CO)C(O)/C=C/CC/C=C/CCCCCCCCCCCCCCCCCCCCC. The van der Waals surface area contributed by atoms with Crippen molar-refractivity contribution in [3.8, 4) is 0 Å². The molecule has 0 spiro atoms. The predicted octanol–water partition coefficient (Wildman–Crippen LogP) is 22.4. The van der Waals surface area contributed by atoms with Crippen molar-refractivity contribution in [2.24, 2.45) is 0 Å². The van der Waals surface area contributed by atoms with E-state index in [1.54, 1.807) is 6.08 Å². The molecular weight excluding hydrogens is 879 g/mol. The van der Waals surface area contributed by atoms with Crippen LogP contribution in [-0.2, 0) is 4.79 Å². The van der Waals surface area contributed by atoms with Gasteiger partial charge in [0.1, 0.15) is 0 Å². The summed E-state index contributed by atoms with van der Waals surface area (Å²) in [6.45, 7) is 4.34. The van der Waals surface area contributed by atoms with Gasteiger partial charge in [0.15, 0.2) is 0 Å². The van der Waals surface area contributed by atoms with Crippen molar-refractivity contribution in [2.75, 3.05) is 6.61 Å². The van der Waals surface area contributed by atoms with Gasteiger partial charge in [-0.25, -0.2) is 0 Å². The molecule has 0 rings (SSSR count). The lowest BCUT2D eigenvalue weighted by Gasteiger charge is -2.19. The second-order valence-electron chi connectivity index (χ2n) is 22.9. The molecule has 0 bridgehead atoms.